The van der Waals surface area contributed by atoms with Gasteiger partial charge in [-0.25, -0.2) is 0 Å². The number of amides is 1. The lowest BCUT2D eigenvalue weighted by Crippen LogP contribution is -2.29. The highest BCUT2D eigenvalue weighted by molar-refractivity contribution is 6.46. The molecule has 0 saturated carbocycles. The Bertz CT molecular complexity index is 1350. The standard InChI is InChI=1S/C31H31NO5/c1-3-4-15-36-25-12-8-11-22(18-25)28-27(29(33)23-13-14-26-24(17-23)16-20(2)37-26)30(34)31(35)32(28)19-21-9-6-5-7-10-21/h5-14,17-18,20,28,33H,3-4,15-16,19H2,1-2H3/b29-27+/t20-,28-/m1/s1. The number of fused-ring (bicyclic) bond motifs is 1. The van der Waals surface area contributed by atoms with Gasteiger partial charge >= 0.3 is 0 Å². The Morgan fingerprint density at radius 2 is 1.86 bits per heavy atom. The highest BCUT2D eigenvalue weighted by Gasteiger charge is 2.46. The van der Waals surface area contributed by atoms with Crippen molar-refractivity contribution in [2.45, 2.75) is 51.8 Å². The molecule has 5 rings (SSSR count). The van der Waals surface area contributed by atoms with Crippen molar-refractivity contribution in [1.82, 2.24) is 4.90 Å². The first kappa shape index (κ1) is 24.6. The predicted octanol–water partition coefficient (Wildman–Crippen LogP) is 5.81. The van der Waals surface area contributed by atoms with E-state index in [4.69, 9.17) is 9.47 Å². The van der Waals surface area contributed by atoms with E-state index in [1.165, 1.54) is 4.90 Å². The summed E-state index contributed by atoms with van der Waals surface area (Å²) in [6.45, 7) is 4.91. The van der Waals surface area contributed by atoms with Crippen molar-refractivity contribution in [2.75, 3.05) is 6.61 Å². The summed E-state index contributed by atoms with van der Waals surface area (Å²) in [5.74, 6) is -0.0628. The van der Waals surface area contributed by atoms with Crippen molar-refractivity contribution in [3.05, 3.63) is 101 Å². The SMILES string of the molecule is CCCCOc1cccc([C@@H]2/C(=C(\O)c3ccc4c(c3)C[C@@H](C)O4)C(=O)C(=O)N2Cc2ccccc2)c1. The zero-order valence-electron chi connectivity index (χ0n) is 21.1. The van der Waals surface area contributed by atoms with E-state index in [9.17, 15) is 14.7 Å². The number of hydrogen-bond acceptors (Lipinski definition) is 5. The molecule has 0 aliphatic carbocycles. The number of nitrogens with zero attached hydrogens (tertiary/aromatic N) is 1. The highest BCUT2D eigenvalue weighted by atomic mass is 16.5. The number of hydrogen-bond donors (Lipinski definition) is 1. The van der Waals surface area contributed by atoms with Crippen LogP contribution in [0.1, 0.15) is 55.0 Å². The molecule has 3 aromatic rings. The molecule has 3 aromatic carbocycles. The number of unbranched alkanes of at least 4 members (excludes halogenated alkanes) is 1. The van der Waals surface area contributed by atoms with Crippen LogP contribution in [-0.2, 0) is 22.6 Å². The fourth-order valence-electron chi connectivity index (χ4n) is 5.00. The minimum atomic E-state index is -0.752. The van der Waals surface area contributed by atoms with Gasteiger partial charge in [0.05, 0.1) is 18.2 Å². The first-order valence-corrected chi connectivity index (χ1v) is 12.8. The predicted molar refractivity (Wildman–Crippen MR) is 141 cm³/mol. The molecule has 37 heavy (non-hydrogen) atoms. The van der Waals surface area contributed by atoms with Gasteiger partial charge in [-0.3, -0.25) is 9.59 Å². The molecule has 2 aliphatic heterocycles. The van der Waals surface area contributed by atoms with E-state index in [0.717, 1.165) is 36.1 Å². The molecule has 1 amide bonds. The summed E-state index contributed by atoms with van der Waals surface area (Å²) < 4.78 is 11.7. The number of carbonyl (C=O) groups excluding carboxylic acids is 2. The Kier molecular flexibility index (Phi) is 6.99. The zero-order valence-corrected chi connectivity index (χ0v) is 21.1. The van der Waals surface area contributed by atoms with Crippen molar-refractivity contribution >= 4 is 17.4 Å². The van der Waals surface area contributed by atoms with Gasteiger partial charge in [-0.1, -0.05) is 55.8 Å². The Morgan fingerprint density at radius 3 is 2.65 bits per heavy atom. The molecule has 0 bridgehead atoms. The van der Waals surface area contributed by atoms with Gasteiger partial charge in [-0.05, 0) is 60.4 Å². The van der Waals surface area contributed by atoms with E-state index in [0.29, 0.717) is 23.5 Å². The number of likely N-dealkylation sites (tertiary alicyclic amines) is 1. The molecule has 1 N–H and O–H groups in total. The van der Waals surface area contributed by atoms with Crippen LogP contribution in [0, 0.1) is 0 Å². The number of Topliss-reactive ketones (excluding diaryl/α,β-unsaturated/α-hetero) is 1. The number of aliphatic hydroxyl groups is 1. The van der Waals surface area contributed by atoms with Crippen LogP contribution in [0.25, 0.3) is 5.76 Å². The second-order valence-electron chi connectivity index (χ2n) is 9.64. The van der Waals surface area contributed by atoms with E-state index in [2.05, 4.69) is 6.92 Å². The second kappa shape index (κ2) is 10.5. The van der Waals surface area contributed by atoms with Gasteiger partial charge in [-0.2, -0.15) is 0 Å². The first-order valence-electron chi connectivity index (χ1n) is 12.8. The summed E-state index contributed by atoms with van der Waals surface area (Å²) in [6, 6.07) is 21.6. The van der Waals surface area contributed by atoms with Crippen LogP contribution in [0.2, 0.25) is 0 Å². The third-order valence-electron chi connectivity index (χ3n) is 6.85. The molecule has 2 atom stereocenters. The third-order valence-corrected chi connectivity index (χ3v) is 6.85. The van der Waals surface area contributed by atoms with Crippen molar-refractivity contribution in [2.24, 2.45) is 0 Å². The molecule has 2 aliphatic rings. The second-order valence-corrected chi connectivity index (χ2v) is 9.64. The van der Waals surface area contributed by atoms with Crippen LogP contribution in [0.3, 0.4) is 0 Å². The molecule has 6 nitrogen and oxygen atoms in total. The summed E-state index contributed by atoms with van der Waals surface area (Å²) in [4.78, 5) is 28.3. The number of carbonyl (C=O) groups is 2. The average Bonchev–Trinajstić information content (AvgIpc) is 3.40. The topological polar surface area (TPSA) is 76.1 Å². The minimum Gasteiger partial charge on any atom is -0.507 e. The molecule has 0 radical (unpaired) electrons. The molecule has 0 unspecified atom stereocenters. The molecule has 190 valence electrons. The summed E-state index contributed by atoms with van der Waals surface area (Å²) in [5.41, 5.74) is 3.16. The smallest absolute Gasteiger partial charge is 0.295 e. The van der Waals surface area contributed by atoms with Crippen molar-refractivity contribution in [3.63, 3.8) is 0 Å². The van der Waals surface area contributed by atoms with Crippen molar-refractivity contribution in [3.8, 4) is 11.5 Å². The van der Waals surface area contributed by atoms with Gasteiger partial charge in [0.15, 0.2) is 0 Å². The molecule has 6 heteroatoms. The Morgan fingerprint density at radius 1 is 1.05 bits per heavy atom. The normalized spacial score (nSPS) is 20.1. The molecule has 1 saturated heterocycles. The van der Waals surface area contributed by atoms with Gasteiger partial charge in [0.1, 0.15) is 23.4 Å². The lowest BCUT2D eigenvalue weighted by atomic mass is 9.94. The fourth-order valence-corrected chi connectivity index (χ4v) is 5.00. The third kappa shape index (κ3) is 4.96. The van der Waals surface area contributed by atoms with E-state index in [1.807, 2.05) is 73.7 Å². The quantitative estimate of drug-likeness (QED) is 0.184. The number of ether oxygens (including phenoxy) is 2. The van der Waals surface area contributed by atoms with E-state index >= 15 is 0 Å². The lowest BCUT2D eigenvalue weighted by molar-refractivity contribution is -0.140. The van der Waals surface area contributed by atoms with Crippen LogP contribution in [0.15, 0.2) is 78.4 Å². The van der Waals surface area contributed by atoms with Crippen LogP contribution < -0.4 is 9.47 Å². The maximum atomic E-state index is 13.4. The maximum Gasteiger partial charge on any atom is 0.295 e. The molecular formula is C31H31NO5. The monoisotopic (exact) mass is 497 g/mol. The van der Waals surface area contributed by atoms with Crippen LogP contribution in [0.4, 0.5) is 0 Å². The highest BCUT2D eigenvalue weighted by Crippen LogP contribution is 2.42. The first-order chi connectivity index (χ1) is 18.0. The van der Waals surface area contributed by atoms with E-state index in [1.54, 1.807) is 6.07 Å². The van der Waals surface area contributed by atoms with Crippen LogP contribution in [-0.4, -0.2) is 34.4 Å². The Hall–Kier alpha value is -4.06. The number of aliphatic hydroxyl groups excluding tert-OH is 1. The Labute approximate surface area is 217 Å². The van der Waals surface area contributed by atoms with Crippen molar-refractivity contribution < 1.29 is 24.2 Å². The minimum absolute atomic E-state index is 0.0549. The van der Waals surface area contributed by atoms with Gasteiger partial charge in [-0.15, -0.1) is 0 Å². The van der Waals surface area contributed by atoms with Gasteiger partial charge in [0, 0.05) is 18.5 Å². The molecule has 2 heterocycles. The summed E-state index contributed by atoms with van der Waals surface area (Å²) in [5, 5.41) is 11.5. The van der Waals surface area contributed by atoms with Crippen LogP contribution >= 0.6 is 0 Å². The average molecular weight is 498 g/mol. The molecule has 0 aromatic heterocycles. The van der Waals surface area contributed by atoms with Gasteiger partial charge in [0.25, 0.3) is 11.7 Å². The summed E-state index contributed by atoms with van der Waals surface area (Å²) in [6.07, 6.45) is 2.72. The number of rotatable bonds is 8. The van der Waals surface area contributed by atoms with Gasteiger partial charge in [0.2, 0.25) is 0 Å². The van der Waals surface area contributed by atoms with Crippen molar-refractivity contribution in [1.29, 1.82) is 0 Å². The molecule has 1 fully saturated rings. The summed E-state index contributed by atoms with van der Waals surface area (Å²) >= 11 is 0. The molecular weight excluding hydrogens is 466 g/mol. The molecule has 0 spiro atoms. The largest absolute Gasteiger partial charge is 0.507 e. The van der Waals surface area contributed by atoms with Gasteiger partial charge < -0.3 is 19.5 Å². The Balaban J connectivity index is 1.59. The maximum absolute atomic E-state index is 13.4. The lowest BCUT2D eigenvalue weighted by Gasteiger charge is -2.26. The fraction of sp³-hybridized carbons (Fsp3) is 0.290. The zero-order chi connectivity index (χ0) is 25.9. The number of ketones is 1. The van der Waals surface area contributed by atoms with E-state index in [-0.39, 0.29) is 24.0 Å². The van der Waals surface area contributed by atoms with E-state index < -0.39 is 17.7 Å². The summed E-state index contributed by atoms with van der Waals surface area (Å²) in [7, 11) is 0. The number of benzene rings is 3. The van der Waals surface area contributed by atoms with Crippen LogP contribution in [0.5, 0.6) is 11.5 Å².